The molecule has 7 nitrogen and oxygen atoms in total. The molecule has 0 radical (unpaired) electrons. The molecule has 0 aliphatic heterocycles. The number of thiazole rings is 1. The maximum absolute atomic E-state index is 14.5. The van der Waals surface area contributed by atoms with Crippen LogP contribution in [0.3, 0.4) is 0 Å². The highest BCUT2D eigenvalue weighted by Crippen LogP contribution is 2.32. The second-order valence-corrected chi connectivity index (χ2v) is 7.90. The van der Waals surface area contributed by atoms with Gasteiger partial charge in [0, 0.05) is 17.8 Å². The third kappa shape index (κ3) is 3.93. The summed E-state index contributed by atoms with van der Waals surface area (Å²) in [5.74, 6) is -0.937. The summed E-state index contributed by atoms with van der Waals surface area (Å²) < 4.78 is 16.1. The van der Waals surface area contributed by atoms with E-state index >= 15 is 0 Å². The summed E-state index contributed by atoms with van der Waals surface area (Å²) in [4.78, 5) is 22.0. The van der Waals surface area contributed by atoms with Crippen molar-refractivity contribution >= 4 is 22.4 Å². The number of aromatic nitrogens is 4. The maximum Gasteiger partial charge on any atom is 0.261 e. The third-order valence-electron chi connectivity index (χ3n) is 4.51. The van der Waals surface area contributed by atoms with Gasteiger partial charge in [-0.15, -0.1) is 0 Å². The van der Waals surface area contributed by atoms with Crippen LogP contribution in [0.4, 0.5) is 9.52 Å². The molecule has 0 saturated carbocycles. The fourth-order valence-corrected chi connectivity index (χ4v) is 3.90. The highest BCUT2D eigenvalue weighted by Gasteiger charge is 2.24. The van der Waals surface area contributed by atoms with Crippen molar-refractivity contribution in [3.8, 4) is 28.7 Å². The quantitative estimate of drug-likeness (QED) is 0.483. The number of nitrogens with zero attached hydrogens (tertiary/aromatic N) is 5. The first-order valence-corrected chi connectivity index (χ1v) is 10.3. The van der Waals surface area contributed by atoms with Gasteiger partial charge in [-0.1, -0.05) is 29.5 Å². The fraction of sp³-hybridized carbons (Fsp3) is 0.136. The van der Waals surface area contributed by atoms with Gasteiger partial charge in [0.25, 0.3) is 5.91 Å². The van der Waals surface area contributed by atoms with E-state index in [0.29, 0.717) is 22.0 Å². The van der Waals surface area contributed by atoms with Gasteiger partial charge in [0.2, 0.25) is 0 Å². The first-order valence-electron chi connectivity index (χ1n) is 9.45. The van der Waals surface area contributed by atoms with Crippen molar-refractivity contribution in [3.05, 3.63) is 71.1 Å². The lowest BCUT2D eigenvalue weighted by Gasteiger charge is -2.13. The van der Waals surface area contributed by atoms with Gasteiger partial charge in [0.1, 0.15) is 22.5 Å². The van der Waals surface area contributed by atoms with E-state index in [4.69, 9.17) is 0 Å². The number of nitrogens with one attached hydrogen (secondary N) is 1. The van der Waals surface area contributed by atoms with E-state index in [0.717, 1.165) is 11.3 Å². The zero-order valence-electron chi connectivity index (χ0n) is 16.7. The summed E-state index contributed by atoms with van der Waals surface area (Å²) in [6.45, 7) is 3.80. The van der Waals surface area contributed by atoms with Crippen molar-refractivity contribution < 1.29 is 9.18 Å². The SMILES string of the molecule is CC(C)n1ncc(C(=O)Nc2nc(-c3ccccn3)c(C#N)s2)c1-c1ccccc1F. The molecule has 31 heavy (non-hydrogen) atoms. The Morgan fingerprint density at radius 3 is 2.68 bits per heavy atom. The van der Waals surface area contributed by atoms with Crippen molar-refractivity contribution in [2.24, 2.45) is 0 Å². The number of benzene rings is 1. The number of hydrogen-bond donors (Lipinski definition) is 1. The third-order valence-corrected chi connectivity index (χ3v) is 5.39. The number of carbonyl (C=O) groups is 1. The number of carbonyl (C=O) groups excluding carboxylic acids is 1. The van der Waals surface area contributed by atoms with E-state index in [1.54, 1.807) is 47.3 Å². The van der Waals surface area contributed by atoms with E-state index in [-0.39, 0.29) is 22.3 Å². The highest BCUT2D eigenvalue weighted by molar-refractivity contribution is 7.16. The molecule has 9 heteroatoms. The average molecular weight is 432 g/mol. The maximum atomic E-state index is 14.5. The molecule has 154 valence electrons. The number of anilines is 1. The van der Waals surface area contributed by atoms with Gasteiger partial charge in [-0.3, -0.25) is 19.8 Å². The standard InChI is InChI=1S/C22H17FN6OS/c1-13(2)29-20(14-7-3-4-8-16(14)23)15(12-26-29)21(30)28-22-27-19(18(11-24)31-22)17-9-5-6-10-25-17/h3-10,12-13H,1-2H3,(H,27,28,30). The summed E-state index contributed by atoms with van der Waals surface area (Å²) in [5, 5.41) is 16.7. The summed E-state index contributed by atoms with van der Waals surface area (Å²) in [7, 11) is 0. The minimum absolute atomic E-state index is 0.0861. The molecule has 1 N–H and O–H groups in total. The number of rotatable bonds is 5. The highest BCUT2D eigenvalue weighted by atomic mass is 32.1. The average Bonchev–Trinajstić information content (AvgIpc) is 3.39. The Morgan fingerprint density at radius 2 is 2.00 bits per heavy atom. The molecule has 0 aliphatic rings. The number of halogens is 1. The van der Waals surface area contributed by atoms with E-state index in [1.807, 2.05) is 13.8 Å². The van der Waals surface area contributed by atoms with Gasteiger partial charge in [-0.25, -0.2) is 9.37 Å². The minimum Gasteiger partial charge on any atom is -0.298 e. The van der Waals surface area contributed by atoms with Gasteiger partial charge < -0.3 is 0 Å². The zero-order chi connectivity index (χ0) is 22.0. The van der Waals surface area contributed by atoms with Crippen molar-refractivity contribution in [1.82, 2.24) is 19.7 Å². The summed E-state index contributed by atoms with van der Waals surface area (Å²) in [6.07, 6.45) is 3.02. The largest absolute Gasteiger partial charge is 0.298 e. The molecule has 0 spiro atoms. The fourth-order valence-electron chi connectivity index (χ4n) is 3.13. The Balaban J connectivity index is 1.72. The first-order chi connectivity index (χ1) is 15.0. The molecule has 3 aromatic heterocycles. The number of amides is 1. The van der Waals surface area contributed by atoms with Crippen LogP contribution in [0.1, 0.15) is 35.1 Å². The van der Waals surface area contributed by atoms with Crippen LogP contribution in [0, 0.1) is 17.1 Å². The summed E-state index contributed by atoms with van der Waals surface area (Å²) in [6, 6.07) is 13.5. The van der Waals surface area contributed by atoms with E-state index in [1.165, 1.54) is 12.3 Å². The molecule has 0 saturated heterocycles. The van der Waals surface area contributed by atoms with Gasteiger partial charge >= 0.3 is 0 Å². The molecule has 0 unspecified atom stereocenters. The molecular weight excluding hydrogens is 415 g/mol. The Kier molecular flexibility index (Phi) is 5.56. The predicted octanol–water partition coefficient (Wildman–Crippen LogP) is 4.91. The van der Waals surface area contributed by atoms with Crippen LogP contribution < -0.4 is 5.32 Å². The normalized spacial score (nSPS) is 10.8. The van der Waals surface area contributed by atoms with Crippen LogP contribution in [-0.2, 0) is 0 Å². The van der Waals surface area contributed by atoms with E-state index < -0.39 is 11.7 Å². The molecule has 0 aliphatic carbocycles. The second kappa shape index (κ2) is 8.45. The van der Waals surface area contributed by atoms with Gasteiger partial charge in [0.05, 0.1) is 23.1 Å². The number of nitriles is 1. The van der Waals surface area contributed by atoms with Crippen LogP contribution in [0.5, 0.6) is 0 Å². The van der Waals surface area contributed by atoms with Gasteiger partial charge in [-0.2, -0.15) is 10.4 Å². The lowest BCUT2D eigenvalue weighted by Crippen LogP contribution is -2.14. The molecular formula is C22H17FN6OS. The minimum atomic E-state index is -0.490. The van der Waals surface area contributed by atoms with Crippen molar-refractivity contribution in [1.29, 1.82) is 5.26 Å². The first kappa shape index (κ1) is 20.4. The molecule has 0 atom stereocenters. The van der Waals surface area contributed by atoms with Crippen LogP contribution in [0.25, 0.3) is 22.6 Å². The lowest BCUT2D eigenvalue weighted by molar-refractivity contribution is 0.102. The number of hydrogen-bond acceptors (Lipinski definition) is 6. The van der Waals surface area contributed by atoms with Crippen LogP contribution in [0.15, 0.2) is 54.9 Å². The van der Waals surface area contributed by atoms with Crippen LogP contribution >= 0.6 is 11.3 Å². The zero-order valence-corrected chi connectivity index (χ0v) is 17.5. The van der Waals surface area contributed by atoms with Crippen molar-refractivity contribution in [2.45, 2.75) is 19.9 Å². The van der Waals surface area contributed by atoms with E-state index in [9.17, 15) is 14.4 Å². The molecule has 4 aromatic rings. The molecule has 1 amide bonds. The smallest absolute Gasteiger partial charge is 0.261 e. The molecule has 3 heterocycles. The van der Waals surface area contributed by atoms with Crippen molar-refractivity contribution in [3.63, 3.8) is 0 Å². The molecule has 0 fully saturated rings. The lowest BCUT2D eigenvalue weighted by atomic mass is 10.1. The Morgan fingerprint density at radius 1 is 1.23 bits per heavy atom. The summed E-state index contributed by atoms with van der Waals surface area (Å²) in [5.41, 5.74) is 1.82. The molecule has 1 aromatic carbocycles. The predicted molar refractivity (Wildman–Crippen MR) is 116 cm³/mol. The second-order valence-electron chi connectivity index (χ2n) is 6.90. The molecule has 4 rings (SSSR count). The van der Waals surface area contributed by atoms with E-state index in [2.05, 4.69) is 26.5 Å². The topological polar surface area (TPSA) is 96.5 Å². The van der Waals surface area contributed by atoms with Crippen molar-refractivity contribution in [2.75, 3.05) is 5.32 Å². The summed E-state index contributed by atoms with van der Waals surface area (Å²) >= 11 is 1.05. The van der Waals surface area contributed by atoms with Gasteiger partial charge in [0.15, 0.2) is 5.13 Å². The monoisotopic (exact) mass is 432 g/mol. The van der Waals surface area contributed by atoms with Crippen LogP contribution in [-0.4, -0.2) is 25.7 Å². The molecule has 0 bridgehead atoms. The van der Waals surface area contributed by atoms with Gasteiger partial charge in [-0.05, 0) is 38.1 Å². The Labute approximate surface area is 181 Å². The Bertz CT molecular complexity index is 1290. The number of pyridine rings is 1. The van der Waals surface area contributed by atoms with Crippen LogP contribution in [0.2, 0.25) is 0 Å². The Hall–Kier alpha value is -3.90.